The van der Waals surface area contributed by atoms with Gasteiger partial charge >= 0.3 is 0 Å². The van der Waals surface area contributed by atoms with Crippen molar-refractivity contribution in [3.63, 3.8) is 0 Å². The average Bonchev–Trinajstić information content (AvgIpc) is 1.31. The van der Waals surface area contributed by atoms with Crippen molar-refractivity contribution in [3.05, 3.63) is 296 Å². The molecule has 0 unspecified atom stereocenters. The molecule has 0 aliphatic carbocycles. The predicted molar refractivity (Wildman–Crippen MR) is 403 cm³/mol. The molecule has 6 nitrogen and oxygen atoms in total. The van der Waals surface area contributed by atoms with Crippen LogP contribution < -0.4 is 36.0 Å². The van der Waals surface area contributed by atoms with Gasteiger partial charge in [-0.3, -0.25) is 0 Å². The number of nitrogens with zero attached hydrogens (tertiary/aromatic N) is 4. The highest BCUT2D eigenvalue weighted by atomic mass is 16.3. The molecular formula is C88H65BN4O2. The van der Waals surface area contributed by atoms with Crippen molar-refractivity contribution >= 4 is 178 Å². The van der Waals surface area contributed by atoms with Crippen LogP contribution >= 0.6 is 0 Å². The summed E-state index contributed by atoms with van der Waals surface area (Å²) < 4.78 is 13.5. The first kappa shape index (κ1) is 55.1. The molecule has 0 amide bonds. The molecule has 15 aromatic carbocycles. The summed E-state index contributed by atoms with van der Waals surface area (Å²) in [6.07, 6.45) is 0. The normalized spacial score (nSPS) is 13.1. The largest absolute Gasteiger partial charge is 0.456 e. The Hall–Kier alpha value is -11.5. The fourth-order valence-electron chi connectivity index (χ4n) is 15.8. The Bertz CT molecular complexity index is 5960. The number of anilines is 12. The van der Waals surface area contributed by atoms with Gasteiger partial charge in [-0.05, 0) is 185 Å². The molecule has 0 N–H and O–H groups in total. The van der Waals surface area contributed by atoms with Gasteiger partial charge in [0.05, 0.1) is 11.4 Å². The van der Waals surface area contributed by atoms with E-state index in [0.29, 0.717) is 0 Å². The molecule has 0 saturated heterocycles. The lowest BCUT2D eigenvalue weighted by atomic mass is 9.33. The minimum Gasteiger partial charge on any atom is -0.456 e. The Kier molecular flexibility index (Phi) is 11.9. The van der Waals surface area contributed by atoms with Crippen LogP contribution in [0.25, 0.3) is 87.0 Å². The maximum Gasteiger partial charge on any atom is 0.252 e. The van der Waals surface area contributed by atoms with Crippen molar-refractivity contribution < 1.29 is 8.83 Å². The number of fused-ring (bicyclic) bond motifs is 11. The monoisotopic (exact) mass is 1220 g/mol. The van der Waals surface area contributed by atoms with Gasteiger partial charge in [-0.1, -0.05) is 211 Å². The molecule has 0 bridgehead atoms. The van der Waals surface area contributed by atoms with Crippen LogP contribution in [0.2, 0.25) is 0 Å². The molecule has 2 aliphatic heterocycles. The maximum atomic E-state index is 6.94. The van der Waals surface area contributed by atoms with E-state index in [4.69, 9.17) is 8.83 Å². The summed E-state index contributed by atoms with van der Waals surface area (Å²) in [6, 6.07) is 106. The van der Waals surface area contributed by atoms with Crippen LogP contribution in [0, 0.1) is 0 Å². The standard InChI is InChI=1S/C88H65BN4O2/c1-87(2,3)59-32-37-62(38-33-59)92-76-49-66(91(65-42-46-82-71(48-65)68-23-12-14-25-80(68)94-82)75-45-31-57-28-27-55-19-16-20-56-30-43-70(75)85(57)84(55)56)41-44-73(76)89-74-52-72-69-24-13-15-26-81(69)95-83(72)53-77(74)93(63-39-34-60(35-40-63)88(4,5)6)79-51-67(50-78(92)86(79)89)90(61-21-8-7-9-22-61)64-36-29-54-17-10-11-18-58(54)47-64/h7-53H,1-6H3. The second-order valence-corrected chi connectivity index (χ2v) is 28.1. The smallest absolute Gasteiger partial charge is 0.252 e. The summed E-state index contributed by atoms with van der Waals surface area (Å²) in [7, 11) is 0. The van der Waals surface area contributed by atoms with Crippen LogP contribution in [0.15, 0.2) is 294 Å². The lowest BCUT2D eigenvalue weighted by Crippen LogP contribution is -2.61. The van der Waals surface area contributed by atoms with Gasteiger partial charge < -0.3 is 28.4 Å². The lowest BCUT2D eigenvalue weighted by Gasteiger charge is -2.45. The van der Waals surface area contributed by atoms with Crippen molar-refractivity contribution in [1.82, 2.24) is 0 Å². The van der Waals surface area contributed by atoms with E-state index in [1.165, 1.54) is 70.6 Å². The van der Waals surface area contributed by atoms with E-state index in [0.717, 1.165) is 112 Å². The van der Waals surface area contributed by atoms with Gasteiger partial charge in [0.2, 0.25) is 0 Å². The topological polar surface area (TPSA) is 39.2 Å². The molecule has 2 aromatic heterocycles. The minimum atomic E-state index is -0.233. The minimum absolute atomic E-state index is 0.0550. The quantitative estimate of drug-likeness (QED) is 0.112. The van der Waals surface area contributed by atoms with E-state index >= 15 is 0 Å². The molecule has 0 saturated carbocycles. The van der Waals surface area contributed by atoms with Gasteiger partial charge in [0, 0.05) is 89.9 Å². The highest BCUT2D eigenvalue weighted by Crippen LogP contribution is 2.52. The van der Waals surface area contributed by atoms with Crippen molar-refractivity contribution in [2.24, 2.45) is 0 Å². The van der Waals surface area contributed by atoms with Crippen LogP contribution in [0.4, 0.5) is 68.2 Å². The third-order valence-corrected chi connectivity index (χ3v) is 20.4. The van der Waals surface area contributed by atoms with Crippen LogP contribution in [-0.2, 0) is 10.8 Å². The number of hydrogen-bond acceptors (Lipinski definition) is 6. The zero-order valence-corrected chi connectivity index (χ0v) is 53.8. The Balaban J connectivity index is 0.936. The van der Waals surface area contributed by atoms with Crippen LogP contribution in [0.5, 0.6) is 0 Å². The summed E-state index contributed by atoms with van der Waals surface area (Å²) in [6.45, 7) is 13.6. The van der Waals surface area contributed by atoms with Gasteiger partial charge in [-0.25, -0.2) is 0 Å². The fourth-order valence-corrected chi connectivity index (χ4v) is 15.8. The Morgan fingerprint density at radius 2 is 0.789 bits per heavy atom. The number of hydrogen-bond donors (Lipinski definition) is 0. The molecule has 0 radical (unpaired) electrons. The average molecular weight is 1220 g/mol. The van der Waals surface area contributed by atoms with E-state index in [2.05, 4.69) is 346 Å². The molecule has 0 atom stereocenters. The van der Waals surface area contributed by atoms with E-state index < -0.39 is 0 Å². The van der Waals surface area contributed by atoms with Crippen LogP contribution in [-0.4, -0.2) is 6.71 Å². The number of furan rings is 2. The molecule has 17 aromatic rings. The number of para-hydroxylation sites is 3. The van der Waals surface area contributed by atoms with Gasteiger partial charge in [0.15, 0.2) is 0 Å². The first-order valence-corrected chi connectivity index (χ1v) is 33.2. The molecule has 0 fully saturated rings. The third-order valence-electron chi connectivity index (χ3n) is 20.4. The highest BCUT2D eigenvalue weighted by Gasteiger charge is 2.45. The molecule has 7 heteroatoms. The molecule has 0 spiro atoms. The summed E-state index contributed by atoms with van der Waals surface area (Å²) in [5.41, 5.74) is 22.2. The predicted octanol–water partition coefficient (Wildman–Crippen LogP) is 23.2. The van der Waals surface area contributed by atoms with Crippen LogP contribution in [0.1, 0.15) is 52.7 Å². The summed E-state index contributed by atoms with van der Waals surface area (Å²) in [5, 5.41) is 14.1. The fraction of sp³-hybridized carbons (Fsp3) is 0.0909. The Morgan fingerprint density at radius 1 is 0.295 bits per heavy atom. The summed E-state index contributed by atoms with van der Waals surface area (Å²) in [5.74, 6) is 0. The second-order valence-electron chi connectivity index (χ2n) is 28.1. The summed E-state index contributed by atoms with van der Waals surface area (Å²) in [4.78, 5) is 10.1. The van der Waals surface area contributed by atoms with Gasteiger partial charge in [0.25, 0.3) is 6.71 Å². The third kappa shape index (κ3) is 8.58. The van der Waals surface area contributed by atoms with Crippen LogP contribution in [0.3, 0.4) is 0 Å². The first-order valence-electron chi connectivity index (χ1n) is 33.2. The van der Waals surface area contributed by atoms with E-state index in [-0.39, 0.29) is 17.5 Å². The lowest BCUT2D eigenvalue weighted by molar-refractivity contribution is 0.590. The number of benzene rings is 15. The Labute approximate surface area is 552 Å². The Morgan fingerprint density at radius 3 is 1.46 bits per heavy atom. The van der Waals surface area contributed by atoms with E-state index in [9.17, 15) is 0 Å². The molecule has 2 aliphatic rings. The van der Waals surface area contributed by atoms with E-state index in [1.54, 1.807) is 0 Å². The zero-order chi connectivity index (χ0) is 63.6. The molecular weight excluding hydrogens is 1160 g/mol. The molecule has 95 heavy (non-hydrogen) atoms. The number of rotatable bonds is 8. The van der Waals surface area contributed by atoms with Crippen molar-refractivity contribution in [2.75, 3.05) is 19.6 Å². The molecule has 452 valence electrons. The van der Waals surface area contributed by atoms with Gasteiger partial charge in [0.1, 0.15) is 22.3 Å². The van der Waals surface area contributed by atoms with E-state index in [1.807, 2.05) is 0 Å². The maximum absolute atomic E-state index is 6.94. The van der Waals surface area contributed by atoms with Crippen molar-refractivity contribution in [1.29, 1.82) is 0 Å². The molecule has 19 rings (SSSR count). The second kappa shape index (κ2) is 20.5. The first-order chi connectivity index (χ1) is 46.3. The zero-order valence-electron chi connectivity index (χ0n) is 53.8. The highest BCUT2D eigenvalue weighted by molar-refractivity contribution is 7.00. The van der Waals surface area contributed by atoms with Gasteiger partial charge in [-0.2, -0.15) is 0 Å². The molecule has 4 heterocycles. The summed E-state index contributed by atoms with van der Waals surface area (Å²) >= 11 is 0. The SMILES string of the molecule is CC(C)(C)c1ccc(N2c3cc(N(c4ccc5oc6ccccc6c5c4)c4ccc5ccc6cccc7ccc4c5c67)ccc3B3c4cc5c(cc4N(c4ccc(C(C)(C)C)cc4)c4cc(N(c6ccccc6)c6ccc7ccccc7c6)cc2c43)oc2ccccc25)cc1. The van der Waals surface area contributed by atoms with Crippen molar-refractivity contribution in [2.45, 2.75) is 52.4 Å². The van der Waals surface area contributed by atoms with Gasteiger partial charge in [-0.15, -0.1) is 0 Å². The van der Waals surface area contributed by atoms with Crippen molar-refractivity contribution in [3.8, 4) is 0 Å².